The number of para-hydroxylation sites is 2. The SMILES string of the molecule is CN1C2CCC1CC(NC(=O)c1cc(=O)n(-c3ccccc3)c3ccccc13)C2. The molecule has 2 unspecified atom stereocenters. The van der Waals surface area contributed by atoms with Gasteiger partial charge in [0.2, 0.25) is 0 Å². The highest BCUT2D eigenvalue weighted by Gasteiger charge is 2.39. The van der Waals surface area contributed by atoms with E-state index in [9.17, 15) is 9.59 Å². The van der Waals surface area contributed by atoms with Gasteiger partial charge in [-0.15, -0.1) is 0 Å². The van der Waals surface area contributed by atoms with E-state index in [4.69, 9.17) is 0 Å². The van der Waals surface area contributed by atoms with Gasteiger partial charge in [0.15, 0.2) is 0 Å². The first-order valence-electron chi connectivity index (χ1n) is 10.3. The Balaban J connectivity index is 1.51. The van der Waals surface area contributed by atoms with Crippen LogP contribution in [0, 0.1) is 0 Å². The molecule has 2 fully saturated rings. The van der Waals surface area contributed by atoms with Crippen LogP contribution in [0.15, 0.2) is 65.5 Å². The Morgan fingerprint density at radius 2 is 1.62 bits per heavy atom. The normalized spacial score (nSPS) is 24.0. The lowest BCUT2D eigenvalue weighted by molar-refractivity contribution is 0.0884. The number of rotatable bonds is 3. The standard InChI is InChI=1S/C24H25N3O2/c1-26-18-11-12-19(26)14-16(13-18)25-24(29)21-15-23(28)27(17-7-3-2-4-8-17)22-10-6-5-9-20(21)22/h2-10,15-16,18-19H,11-14H2,1H3,(H,25,29). The Morgan fingerprint density at radius 1 is 0.966 bits per heavy atom. The maximum Gasteiger partial charge on any atom is 0.256 e. The molecule has 5 nitrogen and oxygen atoms in total. The number of nitrogens with zero attached hydrogens (tertiary/aromatic N) is 2. The summed E-state index contributed by atoms with van der Waals surface area (Å²) in [5.74, 6) is -0.146. The number of hydrogen-bond acceptors (Lipinski definition) is 3. The third-order valence-electron chi connectivity index (χ3n) is 6.62. The minimum Gasteiger partial charge on any atom is -0.349 e. The molecule has 5 rings (SSSR count). The van der Waals surface area contributed by atoms with Gasteiger partial charge >= 0.3 is 0 Å². The number of carbonyl (C=O) groups excluding carboxylic acids is 1. The van der Waals surface area contributed by atoms with Crippen LogP contribution in [0.1, 0.15) is 36.0 Å². The molecule has 3 heterocycles. The first-order chi connectivity index (χ1) is 14.1. The van der Waals surface area contributed by atoms with E-state index in [0.29, 0.717) is 17.6 Å². The summed E-state index contributed by atoms with van der Waals surface area (Å²) >= 11 is 0. The van der Waals surface area contributed by atoms with Crippen molar-refractivity contribution in [3.8, 4) is 5.69 Å². The van der Waals surface area contributed by atoms with Crippen LogP contribution in [0.4, 0.5) is 0 Å². The molecule has 2 aliphatic heterocycles. The Kier molecular flexibility index (Phi) is 4.47. The van der Waals surface area contributed by atoms with E-state index in [-0.39, 0.29) is 17.5 Å². The number of fused-ring (bicyclic) bond motifs is 3. The maximum absolute atomic E-state index is 13.2. The summed E-state index contributed by atoms with van der Waals surface area (Å²) in [4.78, 5) is 28.6. The molecule has 0 spiro atoms. The van der Waals surface area contributed by atoms with Crippen LogP contribution < -0.4 is 10.9 Å². The van der Waals surface area contributed by atoms with E-state index in [0.717, 1.165) is 29.4 Å². The highest BCUT2D eigenvalue weighted by Crippen LogP contribution is 2.34. The smallest absolute Gasteiger partial charge is 0.256 e. The van der Waals surface area contributed by atoms with E-state index in [2.05, 4.69) is 17.3 Å². The van der Waals surface area contributed by atoms with Crippen LogP contribution in [0.2, 0.25) is 0 Å². The van der Waals surface area contributed by atoms with Crippen LogP contribution in [0.5, 0.6) is 0 Å². The van der Waals surface area contributed by atoms with E-state index in [1.807, 2.05) is 54.6 Å². The van der Waals surface area contributed by atoms with Crippen molar-refractivity contribution < 1.29 is 4.79 Å². The fourth-order valence-corrected chi connectivity index (χ4v) is 5.10. The van der Waals surface area contributed by atoms with Crippen molar-refractivity contribution in [1.29, 1.82) is 0 Å². The molecule has 1 N–H and O–H groups in total. The number of pyridine rings is 1. The number of piperidine rings is 1. The number of nitrogens with one attached hydrogen (secondary N) is 1. The second-order valence-electron chi connectivity index (χ2n) is 8.28. The zero-order valence-corrected chi connectivity index (χ0v) is 16.5. The van der Waals surface area contributed by atoms with Crippen LogP contribution >= 0.6 is 0 Å². The maximum atomic E-state index is 13.2. The summed E-state index contributed by atoms with van der Waals surface area (Å²) in [5.41, 5.74) is 1.82. The molecule has 0 aliphatic carbocycles. The fourth-order valence-electron chi connectivity index (χ4n) is 5.10. The van der Waals surface area contributed by atoms with Crippen molar-refractivity contribution >= 4 is 16.8 Å². The highest BCUT2D eigenvalue weighted by atomic mass is 16.2. The van der Waals surface area contributed by atoms with Crippen molar-refractivity contribution in [2.24, 2.45) is 0 Å². The summed E-state index contributed by atoms with van der Waals surface area (Å²) < 4.78 is 1.67. The van der Waals surface area contributed by atoms with Crippen LogP contribution in [0.25, 0.3) is 16.6 Å². The van der Waals surface area contributed by atoms with Crippen LogP contribution in [-0.4, -0.2) is 40.5 Å². The van der Waals surface area contributed by atoms with Crippen molar-refractivity contribution in [1.82, 2.24) is 14.8 Å². The third kappa shape index (κ3) is 3.15. The van der Waals surface area contributed by atoms with Gasteiger partial charge in [0.05, 0.1) is 11.1 Å². The van der Waals surface area contributed by atoms with Gasteiger partial charge in [-0.05, 0) is 50.9 Å². The predicted octanol–water partition coefficient (Wildman–Crippen LogP) is 3.35. The Morgan fingerprint density at radius 3 is 2.34 bits per heavy atom. The monoisotopic (exact) mass is 387 g/mol. The van der Waals surface area contributed by atoms with E-state index in [1.54, 1.807) is 4.57 Å². The van der Waals surface area contributed by atoms with Gasteiger partial charge in [-0.3, -0.25) is 14.2 Å². The van der Waals surface area contributed by atoms with Gasteiger partial charge in [-0.25, -0.2) is 0 Å². The van der Waals surface area contributed by atoms with Gasteiger partial charge in [0, 0.05) is 35.3 Å². The molecule has 3 aromatic rings. The van der Waals surface area contributed by atoms with Gasteiger partial charge in [0.1, 0.15) is 0 Å². The first-order valence-corrected chi connectivity index (χ1v) is 10.3. The lowest BCUT2D eigenvalue weighted by atomic mass is 9.97. The molecule has 2 aliphatic rings. The fraction of sp³-hybridized carbons (Fsp3) is 0.333. The molecule has 1 amide bonds. The predicted molar refractivity (Wildman–Crippen MR) is 115 cm³/mol. The first kappa shape index (κ1) is 18.1. The third-order valence-corrected chi connectivity index (χ3v) is 6.62. The average Bonchev–Trinajstić information content (AvgIpc) is 2.94. The molecule has 2 saturated heterocycles. The molecule has 29 heavy (non-hydrogen) atoms. The molecule has 5 heteroatoms. The Bertz CT molecular complexity index is 1110. The topological polar surface area (TPSA) is 54.3 Å². The second-order valence-corrected chi connectivity index (χ2v) is 8.28. The lowest BCUT2D eigenvalue weighted by Gasteiger charge is -2.36. The number of benzene rings is 2. The molecule has 148 valence electrons. The molecular formula is C24H25N3O2. The van der Waals surface area contributed by atoms with E-state index >= 15 is 0 Å². The summed E-state index contributed by atoms with van der Waals surface area (Å²) in [7, 11) is 2.19. The van der Waals surface area contributed by atoms with E-state index in [1.165, 1.54) is 18.9 Å². The largest absolute Gasteiger partial charge is 0.349 e. The molecule has 0 saturated carbocycles. The van der Waals surface area contributed by atoms with Gasteiger partial charge in [0.25, 0.3) is 11.5 Å². The number of aromatic nitrogens is 1. The zero-order valence-electron chi connectivity index (χ0n) is 16.5. The van der Waals surface area contributed by atoms with Gasteiger partial charge in [-0.2, -0.15) is 0 Å². The van der Waals surface area contributed by atoms with Crippen molar-refractivity contribution in [3.05, 3.63) is 76.6 Å². The molecule has 2 atom stereocenters. The minimum atomic E-state index is -0.191. The van der Waals surface area contributed by atoms with Crippen molar-refractivity contribution in [3.63, 3.8) is 0 Å². The number of hydrogen-bond donors (Lipinski definition) is 1. The van der Waals surface area contributed by atoms with Crippen LogP contribution in [0.3, 0.4) is 0 Å². The molecule has 0 radical (unpaired) electrons. The zero-order chi connectivity index (χ0) is 20.0. The van der Waals surface area contributed by atoms with Crippen molar-refractivity contribution in [2.75, 3.05) is 7.05 Å². The summed E-state index contributed by atoms with van der Waals surface area (Å²) in [6.45, 7) is 0. The summed E-state index contributed by atoms with van der Waals surface area (Å²) in [6, 6.07) is 19.9. The molecule has 2 bridgehead atoms. The second kappa shape index (κ2) is 7.16. The van der Waals surface area contributed by atoms with E-state index < -0.39 is 0 Å². The number of carbonyl (C=O) groups is 1. The molecule has 2 aromatic carbocycles. The van der Waals surface area contributed by atoms with Gasteiger partial charge in [-0.1, -0.05) is 36.4 Å². The highest BCUT2D eigenvalue weighted by molar-refractivity contribution is 6.06. The Labute approximate surface area is 170 Å². The van der Waals surface area contributed by atoms with Gasteiger partial charge < -0.3 is 10.2 Å². The Hall–Kier alpha value is -2.92. The average molecular weight is 387 g/mol. The quantitative estimate of drug-likeness (QED) is 0.750. The van der Waals surface area contributed by atoms with Crippen molar-refractivity contribution in [2.45, 2.75) is 43.8 Å². The minimum absolute atomic E-state index is 0.146. The number of amides is 1. The van der Waals surface area contributed by atoms with Crippen LogP contribution in [-0.2, 0) is 0 Å². The lowest BCUT2D eigenvalue weighted by Crippen LogP contribution is -2.48. The molecule has 1 aromatic heterocycles. The summed E-state index contributed by atoms with van der Waals surface area (Å²) in [6.07, 6.45) is 4.39. The molecular weight excluding hydrogens is 362 g/mol. The summed E-state index contributed by atoms with van der Waals surface area (Å²) in [5, 5.41) is 4.02.